The second-order valence-electron chi connectivity index (χ2n) is 3.31. The largest absolute Gasteiger partial charge is 0.298 e. The summed E-state index contributed by atoms with van der Waals surface area (Å²) in [7, 11) is 0. The van der Waals surface area contributed by atoms with Crippen molar-refractivity contribution in [2.75, 3.05) is 0 Å². The summed E-state index contributed by atoms with van der Waals surface area (Å²) in [6.45, 7) is 0. The first kappa shape index (κ1) is 8.10. The van der Waals surface area contributed by atoms with Crippen molar-refractivity contribution in [3.8, 4) is 0 Å². The monoisotopic (exact) mass is 198 g/mol. The van der Waals surface area contributed by atoms with Crippen molar-refractivity contribution in [1.82, 2.24) is 20.2 Å². The van der Waals surface area contributed by atoms with Crippen molar-refractivity contribution >= 4 is 11.0 Å². The van der Waals surface area contributed by atoms with Gasteiger partial charge in [-0.15, -0.1) is 5.10 Å². The average molecular weight is 198 g/mol. The van der Waals surface area contributed by atoms with Crippen LogP contribution in [-0.4, -0.2) is 20.2 Å². The van der Waals surface area contributed by atoms with E-state index < -0.39 is 0 Å². The molecule has 72 valence electrons. The van der Waals surface area contributed by atoms with Crippen molar-refractivity contribution in [1.29, 1.82) is 10.8 Å². The van der Waals surface area contributed by atoms with Gasteiger partial charge in [0, 0.05) is 12.0 Å². The topological polar surface area (TPSA) is 99.3 Å². The van der Waals surface area contributed by atoms with Crippen LogP contribution in [-0.2, 0) is 6.42 Å². The first-order chi connectivity index (χ1) is 7.27. The van der Waals surface area contributed by atoms with Crippen LogP contribution in [0.4, 0.5) is 0 Å². The van der Waals surface area contributed by atoms with Gasteiger partial charge in [-0.3, -0.25) is 10.8 Å². The van der Waals surface area contributed by atoms with Crippen LogP contribution in [0.2, 0.25) is 0 Å². The van der Waals surface area contributed by atoms with Gasteiger partial charge in [-0.2, -0.15) is 5.10 Å². The number of rotatable bonds is 0. The highest BCUT2D eigenvalue weighted by molar-refractivity contribution is 5.70. The molecule has 0 amide bonds. The second-order valence-corrected chi connectivity index (χ2v) is 3.31. The quantitative estimate of drug-likeness (QED) is 0.498. The van der Waals surface area contributed by atoms with E-state index in [0.717, 1.165) is 11.3 Å². The van der Waals surface area contributed by atoms with Gasteiger partial charge in [-0.25, -0.2) is 9.97 Å². The molecule has 0 spiro atoms. The Labute approximate surface area is 83.7 Å². The lowest BCUT2D eigenvalue weighted by Gasteiger charge is -1.89. The summed E-state index contributed by atoms with van der Waals surface area (Å²) in [5.74, 6) is 0. The second kappa shape index (κ2) is 2.63. The summed E-state index contributed by atoms with van der Waals surface area (Å²) in [5, 5.41) is 23.8. The Morgan fingerprint density at radius 2 is 2.00 bits per heavy atom. The Bertz CT molecular complexity index is 693. The fraction of sp³-hybridized carbons (Fsp3) is 0.111. The fourth-order valence-electron chi connectivity index (χ4n) is 1.42. The molecule has 0 unspecified atom stereocenters. The highest BCUT2D eigenvalue weighted by Crippen LogP contribution is 2.17. The predicted molar refractivity (Wildman–Crippen MR) is 49.6 cm³/mol. The summed E-state index contributed by atoms with van der Waals surface area (Å²) in [6.07, 6.45) is 3.51. The van der Waals surface area contributed by atoms with E-state index in [1.165, 1.54) is 12.5 Å². The normalized spacial score (nSPS) is 12.3. The third-order valence-electron chi connectivity index (χ3n) is 2.33. The van der Waals surface area contributed by atoms with E-state index in [1.807, 2.05) is 0 Å². The lowest BCUT2D eigenvalue weighted by molar-refractivity contribution is 1.04. The van der Waals surface area contributed by atoms with Crippen molar-refractivity contribution < 1.29 is 0 Å². The molecule has 2 aromatic rings. The molecule has 0 atom stereocenters. The van der Waals surface area contributed by atoms with Crippen LogP contribution in [0.5, 0.6) is 0 Å². The number of hydrogen-bond donors (Lipinski definition) is 2. The van der Waals surface area contributed by atoms with E-state index in [1.54, 1.807) is 0 Å². The molecule has 6 nitrogen and oxygen atoms in total. The zero-order valence-electron chi connectivity index (χ0n) is 7.65. The Morgan fingerprint density at radius 1 is 1.13 bits per heavy atom. The summed E-state index contributed by atoms with van der Waals surface area (Å²) >= 11 is 0. The van der Waals surface area contributed by atoms with Gasteiger partial charge in [-0.05, 0) is 0 Å². The number of nitrogens with zero attached hydrogens (tertiary/aromatic N) is 4. The van der Waals surface area contributed by atoms with Gasteiger partial charge in [0.1, 0.15) is 22.7 Å². The SMILES string of the molecule is N=c1c2c(nnc3cncnc3c1=N)C2. The molecule has 0 saturated heterocycles. The molecule has 2 N–H and O–H groups in total. The number of fused-ring (bicyclic) bond motifs is 2. The lowest BCUT2D eigenvalue weighted by Crippen LogP contribution is -2.23. The van der Waals surface area contributed by atoms with Crippen LogP contribution in [0.25, 0.3) is 11.0 Å². The maximum absolute atomic E-state index is 7.82. The summed E-state index contributed by atoms with van der Waals surface area (Å²) < 4.78 is 0. The average Bonchev–Trinajstić information content (AvgIpc) is 3.03. The maximum atomic E-state index is 7.82. The van der Waals surface area contributed by atoms with Crippen LogP contribution in [0.3, 0.4) is 0 Å². The van der Waals surface area contributed by atoms with Gasteiger partial charge in [0.15, 0.2) is 0 Å². The number of hydrogen-bond acceptors (Lipinski definition) is 6. The van der Waals surface area contributed by atoms with Crippen molar-refractivity contribution in [3.63, 3.8) is 0 Å². The summed E-state index contributed by atoms with van der Waals surface area (Å²) in [6, 6.07) is 0. The van der Waals surface area contributed by atoms with E-state index in [9.17, 15) is 0 Å². The molecule has 15 heavy (non-hydrogen) atoms. The smallest absolute Gasteiger partial charge is 0.132 e. The number of nitrogens with one attached hydrogen (secondary N) is 2. The molecule has 0 fully saturated rings. The maximum Gasteiger partial charge on any atom is 0.132 e. The van der Waals surface area contributed by atoms with Crippen molar-refractivity contribution in [2.24, 2.45) is 0 Å². The molecular weight excluding hydrogens is 192 g/mol. The standard InChI is InChI=1S/C9H6N6/c10-7-4-1-5(4)14-15-6-2-12-3-13-9(6)8(7)11/h2-3,10-11H,1H2. The van der Waals surface area contributed by atoms with Gasteiger partial charge in [-0.1, -0.05) is 0 Å². The molecular formula is C9H6N6. The molecule has 2 heterocycles. The van der Waals surface area contributed by atoms with E-state index >= 15 is 0 Å². The molecule has 0 aromatic carbocycles. The van der Waals surface area contributed by atoms with Crippen LogP contribution >= 0.6 is 0 Å². The predicted octanol–water partition coefficient (Wildman–Crippen LogP) is -0.717. The van der Waals surface area contributed by atoms with Gasteiger partial charge >= 0.3 is 0 Å². The van der Waals surface area contributed by atoms with E-state index in [0.29, 0.717) is 17.5 Å². The zero-order chi connectivity index (χ0) is 10.4. The number of aromatic nitrogens is 4. The minimum absolute atomic E-state index is 0.0936. The molecule has 0 saturated carbocycles. The Balaban J connectivity index is 2.64. The molecule has 6 heteroatoms. The van der Waals surface area contributed by atoms with Gasteiger partial charge in [0.25, 0.3) is 0 Å². The van der Waals surface area contributed by atoms with Gasteiger partial charge in [0.05, 0.1) is 17.2 Å². The van der Waals surface area contributed by atoms with Crippen LogP contribution in [0, 0.1) is 10.8 Å². The van der Waals surface area contributed by atoms with Gasteiger partial charge < -0.3 is 0 Å². The summed E-state index contributed by atoms with van der Waals surface area (Å²) in [4.78, 5) is 7.77. The van der Waals surface area contributed by atoms with Gasteiger partial charge in [0.2, 0.25) is 0 Å². The first-order valence-corrected chi connectivity index (χ1v) is 4.39. The van der Waals surface area contributed by atoms with Crippen LogP contribution in [0.1, 0.15) is 11.3 Å². The highest BCUT2D eigenvalue weighted by atomic mass is 15.1. The minimum atomic E-state index is 0.0936. The minimum Gasteiger partial charge on any atom is -0.298 e. The van der Waals surface area contributed by atoms with Crippen molar-refractivity contribution in [2.45, 2.75) is 6.42 Å². The summed E-state index contributed by atoms with van der Waals surface area (Å²) in [5.41, 5.74) is 2.41. The molecule has 0 bridgehead atoms. The van der Waals surface area contributed by atoms with E-state index in [4.69, 9.17) is 10.8 Å². The van der Waals surface area contributed by atoms with E-state index in [-0.39, 0.29) is 10.7 Å². The third kappa shape index (κ3) is 1.11. The Morgan fingerprint density at radius 3 is 2.87 bits per heavy atom. The van der Waals surface area contributed by atoms with Crippen LogP contribution < -0.4 is 10.7 Å². The molecule has 0 aliphatic heterocycles. The Hall–Kier alpha value is -2.24. The zero-order valence-corrected chi connectivity index (χ0v) is 7.65. The third-order valence-corrected chi connectivity index (χ3v) is 2.33. The molecule has 2 aromatic heterocycles. The molecule has 1 aliphatic carbocycles. The molecule has 0 radical (unpaired) electrons. The first-order valence-electron chi connectivity index (χ1n) is 4.39. The lowest BCUT2D eigenvalue weighted by atomic mass is 10.3. The van der Waals surface area contributed by atoms with E-state index in [2.05, 4.69) is 20.2 Å². The Kier molecular flexibility index (Phi) is 1.42. The fourth-order valence-corrected chi connectivity index (χ4v) is 1.42. The van der Waals surface area contributed by atoms with Crippen LogP contribution in [0.15, 0.2) is 12.5 Å². The molecule has 1 aliphatic rings. The highest BCUT2D eigenvalue weighted by Gasteiger charge is 2.20. The van der Waals surface area contributed by atoms with Crippen molar-refractivity contribution in [3.05, 3.63) is 34.5 Å². The molecule has 3 rings (SSSR count).